The van der Waals surface area contributed by atoms with Crippen molar-refractivity contribution in [1.82, 2.24) is 19.8 Å². The van der Waals surface area contributed by atoms with Gasteiger partial charge in [0.15, 0.2) is 0 Å². The first-order valence-corrected chi connectivity index (χ1v) is 9.67. The van der Waals surface area contributed by atoms with Crippen LogP contribution in [0.2, 0.25) is 0 Å². The van der Waals surface area contributed by atoms with E-state index in [9.17, 15) is 4.79 Å². The molecule has 0 bridgehead atoms. The summed E-state index contributed by atoms with van der Waals surface area (Å²) >= 11 is 0. The van der Waals surface area contributed by atoms with Crippen LogP contribution in [0.4, 0.5) is 0 Å². The number of hydrogen-bond acceptors (Lipinski definition) is 3. The van der Waals surface area contributed by atoms with Gasteiger partial charge >= 0.3 is 0 Å². The largest absolute Gasteiger partial charge is 0.342 e. The molecule has 0 spiro atoms. The fourth-order valence-corrected chi connectivity index (χ4v) is 4.08. The van der Waals surface area contributed by atoms with E-state index in [4.69, 9.17) is 4.98 Å². The number of imidazole rings is 1. The molecule has 1 aliphatic heterocycles. The van der Waals surface area contributed by atoms with Gasteiger partial charge in [-0.05, 0) is 57.0 Å². The Bertz CT molecular complexity index is 777. The molecular formula is C21H32N4O. The maximum absolute atomic E-state index is 12.8. The molecule has 142 valence electrons. The lowest BCUT2D eigenvalue weighted by Crippen LogP contribution is -2.37. The summed E-state index contributed by atoms with van der Waals surface area (Å²) in [6.07, 6.45) is 1.18. The summed E-state index contributed by atoms with van der Waals surface area (Å²) in [7, 11) is 4.24. The van der Waals surface area contributed by atoms with Crippen LogP contribution in [0.1, 0.15) is 37.2 Å². The van der Waals surface area contributed by atoms with Gasteiger partial charge in [-0.1, -0.05) is 19.9 Å². The predicted molar refractivity (Wildman–Crippen MR) is 106 cm³/mol. The van der Waals surface area contributed by atoms with Gasteiger partial charge in [-0.2, -0.15) is 0 Å². The lowest BCUT2D eigenvalue weighted by molar-refractivity contribution is -0.130. The van der Waals surface area contributed by atoms with Crippen molar-refractivity contribution < 1.29 is 4.79 Å². The van der Waals surface area contributed by atoms with Gasteiger partial charge in [0.05, 0.1) is 11.0 Å². The van der Waals surface area contributed by atoms with Crippen molar-refractivity contribution in [2.75, 3.05) is 27.2 Å². The summed E-state index contributed by atoms with van der Waals surface area (Å²) in [6, 6.07) is 4.64. The number of rotatable bonds is 5. The molecule has 1 aromatic carbocycles. The van der Waals surface area contributed by atoms with Crippen LogP contribution in [0.5, 0.6) is 0 Å². The van der Waals surface area contributed by atoms with Crippen molar-refractivity contribution in [3.63, 3.8) is 0 Å². The van der Waals surface area contributed by atoms with Gasteiger partial charge in [0.2, 0.25) is 5.91 Å². The third-order valence-electron chi connectivity index (χ3n) is 6.01. The van der Waals surface area contributed by atoms with E-state index in [0.717, 1.165) is 29.9 Å². The standard InChI is InChI=1S/C21H32N4O/c1-13(2)16-11-25(12-18(16)24(5)6)20(26)10-9-19-22-17-8-7-14(3)15(4)21(17)23-19/h7-8,13,16,18H,9-12H2,1-6H3,(H,22,23)/t16-,18+/m0/s1. The molecule has 2 aromatic rings. The lowest BCUT2D eigenvalue weighted by Gasteiger charge is -2.27. The van der Waals surface area contributed by atoms with Crippen molar-refractivity contribution in [3.8, 4) is 0 Å². The number of H-pyrrole nitrogens is 1. The number of amides is 1. The summed E-state index contributed by atoms with van der Waals surface area (Å²) in [5.41, 5.74) is 4.55. The normalized spacial score (nSPS) is 20.7. The topological polar surface area (TPSA) is 52.2 Å². The van der Waals surface area contributed by atoms with E-state index >= 15 is 0 Å². The number of hydrogen-bond donors (Lipinski definition) is 1. The minimum atomic E-state index is 0.244. The molecular weight excluding hydrogens is 324 g/mol. The monoisotopic (exact) mass is 356 g/mol. The Kier molecular flexibility index (Phi) is 5.37. The molecule has 5 heteroatoms. The number of aromatic amines is 1. The molecule has 1 saturated heterocycles. The van der Waals surface area contributed by atoms with Gasteiger partial charge in [0.25, 0.3) is 0 Å². The number of nitrogens with one attached hydrogen (secondary N) is 1. The van der Waals surface area contributed by atoms with E-state index in [1.54, 1.807) is 0 Å². The average molecular weight is 357 g/mol. The fourth-order valence-electron chi connectivity index (χ4n) is 4.08. The molecule has 2 heterocycles. The van der Waals surface area contributed by atoms with Crippen molar-refractivity contribution in [2.45, 2.75) is 46.6 Å². The van der Waals surface area contributed by atoms with Crippen LogP contribution in [0.25, 0.3) is 11.0 Å². The van der Waals surface area contributed by atoms with Gasteiger partial charge in [0, 0.05) is 32.0 Å². The Morgan fingerprint density at radius 1 is 1.31 bits per heavy atom. The summed E-state index contributed by atoms with van der Waals surface area (Å²) in [6.45, 7) is 10.4. The Morgan fingerprint density at radius 2 is 2.04 bits per heavy atom. The van der Waals surface area contributed by atoms with Gasteiger partial charge < -0.3 is 14.8 Å². The highest BCUT2D eigenvalue weighted by Gasteiger charge is 2.37. The lowest BCUT2D eigenvalue weighted by atomic mass is 9.91. The van der Waals surface area contributed by atoms with Crippen LogP contribution in [0.15, 0.2) is 12.1 Å². The third kappa shape index (κ3) is 3.63. The molecule has 1 N–H and O–H groups in total. The number of aromatic nitrogens is 2. The Labute approximate surface area is 156 Å². The predicted octanol–water partition coefficient (Wildman–Crippen LogP) is 3.16. The summed E-state index contributed by atoms with van der Waals surface area (Å²) in [4.78, 5) is 25.2. The molecule has 5 nitrogen and oxygen atoms in total. The molecule has 1 fully saturated rings. The molecule has 0 unspecified atom stereocenters. The third-order valence-corrected chi connectivity index (χ3v) is 6.01. The first kappa shape index (κ1) is 18.9. The first-order valence-electron chi connectivity index (χ1n) is 9.67. The number of carbonyl (C=O) groups is 1. The maximum Gasteiger partial charge on any atom is 0.223 e. The highest BCUT2D eigenvalue weighted by Crippen LogP contribution is 2.28. The zero-order chi connectivity index (χ0) is 19.0. The second-order valence-electron chi connectivity index (χ2n) is 8.32. The zero-order valence-electron chi connectivity index (χ0n) is 17.0. The van der Waals surface area contributed by atoms with E-state index in [1.807, 2.05) is 4.90 Å². The van der Waals surface area contributed by atoms with Crippen LogP contribution < -0.4 is 0 Å². The van der Waals surface area contributed by atoms with E-state index in [1.165, 1.54) is 11.1 Å². The van der Waals surface area contributed by atoms with Crippen molar-refractivity contribution in [1.29, 1.82) is 0 Å². The van der Waals surface area contributed by atoms with Crippen LogP contribution in [0.3, 0.4) is 0 Å². The first-order chi connectivity index (χ1) is 12.3. The van der Waals surface area contributed by atoms with Gasteiger partial charge in [-0.3, -0.25) is 4.79 Å². The number of fused-ring (bicyclic) bond motifs is 1. The molecule has 3 rings (SSSR count). The van der Waals surface area contributed by atoms with Crippen LogP contribution in [0, 0.1) is 25.7 Å². The van der Waals surface area contributed by atoms with Crippen LogP contribution in [-0.2, 0) is 11.2 Å². The van der Waals surface area contributed by atoms with Crippen LogP contribution in [-0.4, -0.2) is 58.9 Å². The number of likely N-dealkylation sites (tertiary alicyclic amines) is 1. The summed E-state index contributed by atoms with van der Waals surface area (Å²) in [5, 5.41) is 0. The SMILES string of the molecule is Cc1ccc2[nH]c(CCC(=O)N3C[C@@H](N(C)C)[C@H](C(C)C)C3)nc2c1C. The second-order valence-corrected chi connectivity index (χ2v) is 8.32. The van der Waals surface area contributed by atoms with Gasteiger partial charge in [0.1, 0.15) is 5.82 Å². The minimum Gasteiger partial charge on any atom is -0.342 e. The smallest absolute Gasteiger partial charge is 0.223 e. The summed E-state index contributed by atoms with van der Waals surface area (Å²) in [5.74, 6) is 2.28. The highest BCUT2D eigenvalue weighted by atomic mass is 16.2. The van der Waals surface area contributed by atoms with Crippen molar-refractivity contribution in [2.24, 2.45) is 11.8 Å². The van der Waals surface area contributed by atoms with E-state index in [-0.39, 0.29) is 5.91 Å². The molecule has 2 atom stereocenters. The Hall–Kier alpha value is -1.88. The average Bonchev–Trinajstić information content (AvgIpc) is 3.20. The van der Waals surface area contributed by atoms with Gasteiger partial charge in [-0.15, -0.1) is 0 Å². The van der Waals surface area contributed by atoms with Crippen molar-refractivity contribution >= 4 is 16.9 Å². The highest BCUT2D eigenvalue weighted by molar-refractivity contribution is 5.80. The quantitative estimate of drug-likeness (QED) is 0.895. The molecule has 1 amide bonds. The minimum absolute atomic E-state index is 0.244. The molecule has 0 radical (unpaired) electrons. The van der Waals surface area contributed by atoms with Crippen molar-refractivity contribution in [3.05, 3.63) is 29.1 Å². The van der Waals surface area contributed by atoms with E-state index in [2.05, 4.69) is 63.8 Å². The summed E-state index contributed by atoms with van der Waals surface area (Å²) < 4.78 is 0. The number of carbonyl (C=O) groups excluding carboxylic acids is 1. The van der Waals surface area contributed by atoms with Gasteiger partial charge in [-0.25, -0.2) is 4.98 Å². The zero-order valence-corrected chi connectivity index (χ0v) is 17.0. The second kappa shape index (κ2) is 7.39. The molecule has 0 saturated carbocycles. The molecule has 0 aliphatic carbocycles. The number of benzene rings is 1. The van der Waals surface area contributed by atoms with E-state index in [0.29, 0.717) is 30.7 Å². The molecule has 26 heavy (non-hydrogen) atoms. The Morgan fingerprint density at radius 3 is 2.65 bits per heavy atom. The maximum atomic E-state index is 12.8. The Balaban J connectivity index is 1.65. The fraction of sp³-hybridized carbons (Fsp3) is 0.619. The number of aryl methyl sites for hydroxylation is 3. The van der Waals surface area contributed by atoms with Crippen LogP contribution >= 0.6 is 0 Å². The molecule has 1 aromatic heterocycles. The number of likely N-dealkylation sites (N-methyl/N-ethyl adjacent to an activating group) is 1. The number of nitrogens with zero attached hydrogens (tertiary/aromatic N) is 3. The van der Waals surface area contributed by atoms with E-state index < -0.39 is 0 Å². The molecule has 1 aliphatic rings.